The van der Waals surface area contributed by atoms with Crippen LogP contribution in [0.15, 0.2) is 0 Å². The van der Waals surface area contributed by atoms with Crippen molar-refractivity contribution in [3.63, 3.8) is 0 Å². The predicted octanol–water partition coefficient (Wildman–Crippen LogP) is 3.48. The molecule has 0 heterocycles. The van der Waals surface area contributed by atoms with E-state index in [9.17, 15) is 0 Å². The molecule has 0 aliphatic heterocycles. The molecule has 0 N–H and O–H groups in total. The molecule has 0 aromatic carbocycles. The number of rotatable bonds is 6. The maximum Gasteiger partial charge on any atom is 0.0519 e. The van der Waals surface area contributed by atoms with Crippen LogP contribution in [-0.2, 0) is 4.74 Å². The van der Waals surface area contributed by atoms with Crippen LogP contribution < -0.4 is 0 Å². The first-order valence-electron chi connectivity index (χ1n) is 5.19. The quantitative estimate of drug-likeness (QED) is 0.596. The molecule has 0 amide bonds. The maximum absolute atomic E-state index is 5.62. The highest BCUT2D eigenvalue weighted by molar-refractivity contribution is 4.61. The van der Waals surface area contributed by atoms with E-state index in [1.54, 1.807) is 0 Å². The second-order valence-corrected chi connectivity index (χ2v) is 4.17. The zero-order valence-electron chi connectivity index (χ0n) is 9.26. The van der Waals surface area contributed by atoms with Gasteiger partial charge in [-0.05, 0) is 32.1 Å². The van der Waals surface area contributed by atoms with Crippen molar-refractivity contribution < 1.29 is 4.74 Å². The third kappa shape index (κ3) is 5.59. The molecular formula is C11H24O. The minimum atomic E-state index is 0.378. The Morgan fingerprint density at radius 3 is 2.00 bits per heavy atom. The zero-order valence-corrected chi connectivity index (χ0v) is 9.26. The van der Waals surface area contributed by atoms with Crippen LogP contribution in [0, 0.1) is 11.8 Å². The summed E-state index contributed by atoms with van der Waals surface area (Å²) in [5.74, 6) is 1.50. The summed E-state index contributed by atoms with van der Waals surface area (Å²) < 4.78 is 5.62. The fourth-order valence-electron chi connectivity index (χ4n) is 1.30. The van der Waals surface area contributed by atoms with Crippen molar-refractivity contribution in [1.29, 1.82) is 0 Å². The molecule has 74 valence electrons. The van der Waals surface area contributed by atoms with Crippen LogP contribution in [0.25, 0.3) is 0 Å². The molecule has 0 saturated carbocycles. The molecule has 0 rings (SSSR count). The van der Waals surface area contributed by atoms with Gasteiger partial charge in [-0.3, -0.25) is 0 Å². The topological polar surface area (TPSA) is 9.23 Å². The summed E-state index contributed by atoms with van der Waals surface area (Å²) in [6, 6.07) is 0. The maximum atomic E-state index is 5.62. The molecule has 0 radical (unpaired) electrons. The van der Waals surface area contributed by atoms with E-state index in [-0.39, 0.29) is 0 Å². The summed E-state index contributed by atoms with van der Waals surface area (Å²) in [5.41, 5.74) is 0. The SMILES string of the molecule is CCCC(COC(C)C)C(C)C. The van der Waals surface area contributed by atoms with Crippen molar-refractivity contribution in [2.75, 3.05) is 6.61 Å². The van der Waals surface area contributed by atoms with Gasteiger partial charge in [-0.25, -0.2) is 0 Å². The summed E-state index contributed by atoms with van der Waals surface area (Å²) in [7, 11) is 0. The average Bonchev–Trinajstić information content (AvgIpc) is 1.96. The van der Waals surface area contributed by atoms with Crippen molar-refractivity contribution >= 4 is 0 Å². The second kappa shape index (κ2) is 6.47. The van der Waals surface area contributed by atoms with Crippen LogP contribution in [0.4, 0.5) is 0 Å². The highest BCUT2D eigenvalue weighted by Gasteiger charge is 2.12. The third-order valence-electron chi connectivity index (χ3n) is 2.25. The first-order chi connectivity index (χ1) is 5.57. The van der Waals surface area contributed by atoms with E-state index < -0.39 is 0 Å². The number of hydrogen-bond acceptors (Lipinski definition) is 1. The van der Waals surface area contributed by atoms with Crippen molar-refractivity contribution in [3.05, 3.63) is 0 Å². The first kappa shape index (κ1) is 12.0. The van der Waals surface area contributed by atoms with Crippen LogP contribution in [-0.4, -0.2) is 12.7 Å². The molecule has 1 atom stereocenters. The Balaban J connectivity index is 3.63. The lowest BCUT2D eigenvalue weighted by molar-refractivity contribution is 0.0363. The smallest absolute Gasteiger partial charge is 0.0519 e. The van der Waals surface area contributed by atoms with Crippen LogP contribution in [0.5, 0.6) is 0 Å². The van der Waals surface area contributed by atoms with E-state index in [1.807, 2.05) is 0 Å². The summed E-state index contributed by atoms with van der Waals surface area (Å²) in [6.07, 6.45) is 2.94. The van der Waals surface area contributed by atoms with Crippen molar-refractivity contribution in [2.24, 2.45) is 11.8 Å². The average molecular weight is 172 g/mol. The first-order valence-corrected chi connectivity index (χ1v) is 5.19. The molecule has 0 spiro atoms. The molecule has 12 heavy (non-hydrogen) atoms. The standard InChI is InChI=1S/C11H24O/c1-6-7-11(9(2)3)8-12-10(4)5/h9-11H,6-8H2,1-5H3. The molecule has 0 aliphatic carbocycles. The largest absolute Gasteiger partial charge is 0.378 e. The van der Waals surface area contributed by atoms with Crippen molar-refractivity contribution in [3.8, 4) is 0 Å². The Labute approximate surface area is 77.5 Å². The Morgan fingerprint density at radius 1 is 1.08 bits per heavy atom. The summed E-state index contributed by atoms with van der Waals surface area (Å²) in [5, 5.41) is 0. The Bertz CT molecular complexity index is 97.2. The van der Waals surface area contributed by atoms with Gasteiger partial charge >= 0.3 is 0 Å². The fourth-order valence-corrected chi connectivity index (χ4v) is 1.30. The molecule has 1 nitrogen and oxygen atoms in total. The highest BCUT2D eigenvalue weighted by atomic mass is 16.5. The summed E-state index contributed by atoms with van der Waals surface area (Å²) in [4.78, 5) is 0. The Kier molecular flexibility index (Phi) is 6.45. The summed E-state index contributed by atoms with van der Waals surface area (Å²) >= 11 is 0. The van der Waals surface area contributed by atoms with E-state index >= 15 is 0 Å². The molecule has 0 saturated heterocycles. The second-order valence-electron chi connectivity index (χ2n) is 4.17. The molecule has 1 unspecified atom stereocenters. The molecule has 0 fully saturated rings. The van der Waals surface area contributed by atoms with Gasteiger partial charge in [0.1, 0.15) is 0 Å². The van der Waals surface area contributed by atoms with Gasteiger partial charge in [0.15, 0.2) is 0 Å². The van der Waals surface area contributed by atoms with E-state index in [4.69, 9.17) is 4.74 Å². The minimum Gasteiger partial charge on any atom is -0.378 e. The molecule has 0 aromatic heterocycles. The van der Waals surface area contributed by atoms with Gasteiger partial charge in [0.25, 0.3) is 0 Å². The van der Waals surface area contributed by atoms with E-state index in [0.29, 0.717) is 6.10 Å². The highest BCUT2D eigenvalue weighted by Crippen LogP contribution is 2.17. The number of hydrogen-bond donors (Lipinski definition) is 0. The Hall–Kier alpha value is -0.0400. The van der Waals surface area contributed by atoms with Gasteiger partial charge in [-0.1, -0.05) is 27.2 Å². The molecule has 1 heteroatoms. The third-order valence-corrected chi connectivity index (χ3v) is 2.25. The normalized spacial score (nSPS) is 14.2. The van der Waals surface area contributed by atoms with Crippen molar-refractivity contribution in [2.45, 2.75) is 53.6 Å². The zero-order chi connectivity index (χ0) is 9.56. The van der Waals surface area contributed by atoms with Gasteiger partial charge in [0.2, 0.25) is 0 Å². The van der Waals surface area contributed by atoms with E-state index in [0.717, 1.165) is 18.4 Å². The van der Waals surface area contributed by atoms with E-state index in [1.165, 1.54) is 12.8 Å². The fraction of sp³-hybridized carbons (Fsp3) is 1.00. The van der Waals surface area contributed by atoms with Crippen molar-refractivity contribution in [1.82, 2.24) is 0 Å². The lowest BCUT2D eigenvalue weighted by Gasteiger charge is -2.21. The van der Waals surface area contributed by atoms with Gasteiger partial charge in [-0.2, -0.15) is 0 Å². The lowest BCUT2D eigenvalue weighted by Crippen LogP contribution is -2.18. The molecule has 0 bridgehead atoms. The van der Waals surface area contributed by atoms with Crippen LogP contribution >= 0.6 is 0 Å². The predicted molar refractivity (Wildman–Crippen MR) is 54.3 cm³/mol. The molecule has 0 aliphatic rings. The molecule has 0 aromatic rings. The van der Waals surface area contributed by atoms with Crippen LogP contribution in [0.2, 0.25) is 0 Å². The summed E-state index contributed by atoms with van der Waals surface area (Å²) in [6.45, 7) is 11.9. The van der Waals surface area contributed by atoms with Gasteiger partial charge in [-0.15, -0.1) is 0 Å². The number of ether oxygens (including phenoxy) is 1. The van der Waals surface area contributed by atoms with Crippen LogP contribution in [0.3, 0.4) is 0 Å². The van der Waals surface area contributed by atoms with E-state index in [2.05, 4.69) is 34.6 Å². The van der Waals surface area contributed by atoms with Gasteiger partial charge < -0.3 is 4.74 Å². The van der Waals surface area contributed by atoms with Gasteiger partial charge in [0.05, 0.1) is 6.10 Å². The lowest BCUT2D eigenvalue weighted by atomic mass is 9.92. The Morgan fingerprint density at radius 2 is 1.67 bits per heavy atom. The minimum absolute atomic E-state index is 0.378. The van der Waals surface area contributed by atoms with Gasteiger partial charge in [0, 0.05) is 6.61 Å². The molecular weight excluding hydrogens is 148 g/mol. The van der Waals surface area contributed by atoms with Crippen LogP contribution in [0.1, 0.15) is 47.5 Å². The monoisotopic (exact) mass is 172 g/mol.